The van der Waals surface area contributed by atoms with Crippen molar-refractivity contribution in [3.8, 4) is 0 Å². The van der Waals surface area contributed by atoms with Crippen molar-refractivity contribution >= 4 is 27.5 Å². The van der Waals surface area contributed by atoms with Gasteiger partial charge in [-0.2, -0.15) is 0 Å². The Balaban J connectivity index is 1.87. The van der Waals surface area contributed by atoms with Gasteiger partial charge in [-0.05, 0) is 45.3 Å². The van der Waals surface area contributed by atoms with Crippen molar-refractivity contribution in [2.75, 3.05) is 0 Å². The lowest BCUT2D eigenvalue weighted by atomic mass is 10.2. The lowest BCUT2D eigenvalue weighted by molar-refractivity contribution is 0.691. The second kappa shape index (κ2) is 6.15. The first-order chi connectivity index (χ1) is 8.24. The maximum absolute atomic E-state index is 5.92. The maximum atomic E-state index is 5.92. The van der Waals surface area contributed by atoms with Gasteiger partial charge in [-0.1, -0.05) is 23.7 Å². The maximum Gasteiger partial charge on any atom is 0.0410 e. The van der Waals surface area contributed by atoms with Crippen LogP contribution in [0.2, 0.25) is 5.02 Å². The van der Waals surface area contributed by atoms with Crippen molar-refractivity contribution in [2.24, 2.45) is 0 Å². The van der Waals surface area contributed by atoms with Crippen molar-refractivity contribution < 1.29 is 0 Å². The summed E-state index contributed by atoms with van der Waals surface area (Å²) < 4.78 is 1.000. The molecule has 0 spiro atoms. The first-order valence-corrected chi connectivity index (χ1v) is 6.46. The summed E-state index contributed by atoms with van der Waals surface area (Å²) in [4.78, 5) is 4.12. The third kappa shape index (κ3) is 4.11. The van der Waals surface area contributed by atoms with Crippen molar-refractivity contribution in [3.05, 3.63) is 63.3 Å². The summed E-state index contributed by atoms with van der Waals surface area (Å²) >= 11 is 9.32. The highest BCUT2D eigenvalue weighted by atomic mass is 79.9. The van der Waals surface area contributed by atoms with Gasteiger partial charge < -0.3 is 5.32 Å². The van der Waals surface area contributed by atoms with Crippen molar-refractivity contribution in [3.63, 3.8) is 0 Å². The molecule has 0 radical (unpaired) electrons. The minimum absolute atomic E-state index is 0.772. The quantitative estimate of drug-likeness (QED) is 0.929. The van der Waals surface area contributed by atoms with E-state index in [1.807, 2.05) is 24.4 Å². The monoisotopic (exact) mass is 310 g/mol. The molecule has 2 aromatic rings. The molecule has 0 saturated carbocycles. The molecule has 1 aromatic carbocycles. The molecule has 88 valence electrons. The molecule has 0 aliphatic rings. The summed E-state index contributed by atoms with van der Waals surface area (Å²) in [5.74, 6) is 0. The van der Waals surface area contributed by atoms with Gasteiger partial charge in [-0.3, -0.25) is 4.98 Å². The van der Waals surface area contributed by atoms with Crippen LogP contribution < -0.4 is 5.32 Å². The molecule has 0 unspecified atom stereocenters. The van der Waals surface area contributed by atoms with E-state index < -0.39 is 0 Å². The molecule has 0 aliphatic carbocycles. The first kappa shape index (κ1) is 12.6. The van der Waals surface area contributed by atoms with Gasteiger partial charge in [0.2, 0.25) is 0 Å². The highest BCUT2D eigenvalue weighted by Gasteiger charge is 1.96. The van der Waals surface area contributed by atoms with E-state index in [-0.39, 0.29) is 0 Å². The Hall–Kier alpha value is -0.900. The molecule has 1 aromatic heterocycles. The van der Waals surface area contributed by atoms with E-state index in [1.165, 1.54) is 5.56 Å². The molecule has 1 N–H and O–H groups in total. The number of aromatic nitrogens is 1. The number of nitrogens with one attached hydrogen (secondary N) is 1. The van der Waals surface area contributed by atoms with Crippen LogP contribution in [0.1, 0.15) is 11.1 Å². The zero-order valence-electron chi connectivity index (χ0n) is 9.16. The predicted molar refractivity (Wildman–Crippen MR) is 73.9 cm³/mol. The van der Waals surface area contributed by atoms with Crippen LogP contribution in [-0.4, -0.2) is 4.98 Å². The number of pyridine rings is 1. The fraction of sp³-hybridized carbons (Fsp3) is 0.154. The Morgan fingerprint density at radius 3 is 2.71 bits per heavy atom. The average molecular weight is 312 g/mol. The smallest absolute Gasteiger partial charge is 0.0410 e. The lowest BCUT2D eigenvalue weighted by Crippen LogP contribution is -2.12. The van der Waals surface area contributed by atoms with Gasteiger partial charge in [0.1, 0.15) is 0 Å². The number of hydrogen-bond acceptors (Lipinski definition) is 2. The molecule has 0 aliphatic heterocycles. The number of benzene rings is 1. The molecular weight excluding hydrogens is 300 g/mol. The molecule has 1 heterocycles. The topological polar surface area (TPSA) is 24.9 Å². The van der Waals surface area contributed by atoms with E-state index in [9.17, 15) is 0 Å². The lowest BCUT2D eigenvalue weighted by Gasteiger charge is -2.05. The minimum Gasteiger partial charge on any atom is -0.309 e. The highest BCUT2D eigenvalue weighted by Crippen LogP contribution is 2.11. The fourth-order valence-corrected chi connectivity index (χ4v) is 2.18. The average Bonchev–Trinajstić information content (AvgIpc) is 2.29. The van der Waals surface area contributed by atoms with E-state index in [2.05, 4.69) is 38.4 Å². The van der Waals surface area contributed by atoms with E-state index in [1.54, 1.807) is 6.20 Å². The van der Waals surface area contributed by atoms with E-state index in [0.717, 1.165) is 28.1 Å². The molecule has 4 heteroatoms. The van der Waals surface area contributed by atoms with Crippen LogP contribution in [0.5, 0.6) is 0 Å². The van der Waals surface area contributed by atoms with Crippen LogP contribution in [0.25, 0.3) is 0 Å². The van der Waals surface area contributed by atoms with Crippen LogP contribution in [0.4, 0.5) is 0 Å². The number of halogens is 2. The second-order valence-electron chi connectivity index (χ2n) is 3.74. The van der Waals surface area contributed by atoms with Gasteiger partial charge in [-0.25, -0.2) is 0 Å². The van der Waals surface area contributed by atoms with Gasteiger partial charge in [0, 0.05) is 35.0 Å². The van der Waals surface area contributed by atoms with Gasteiger partial charge in [0.25, 0.3) is 0 Å². The summed E-state index contributed by atoms with van der Waals surface area (Å²) in [7, 11) is 0. The third-order valence-corrected chi connectivity index (χ3v) is 2.98. The second-order valence-corrected chi connectivity index (χ2v) is 5.10. The van der Waals surface area contributed by atoms with Crippen LogP contribution >= 0.6 is 27.5 Å². The number of hydrogen-bond donors (Lipinski definition) is 1. The fourth-order valence-electron chi connectivity index (χ4n) is 1.55. The van der Waals surface area contributed by atoms with Gasteiger partial charge in [0.15, 0.2) is 0 Å². The zero-order chi connectivity index (χ0) is 12.1. The Morgan fingerprint density at radius 2 is 1.94 bits per heavy atom. The van der Waals surface area contributed by atoms with Crippen LogP contribution in [0, 0.1) is 0 Å². The standard InChI is InChI=1S/C13H12BrClN2/c14-12-4-11(8-17-9-12)7-16-6-10-2-1-3-13(15)5-10/h1-5,8-9,16H,6-7H2. The summed E-state index contributed by atoms with van der Waals surface area (Å²) in [5.41, 5.74) is 2.34. The molecule has 0 fully saturated rings. The largest absolute Gasteiger partial charge is 0.309 e. The van der Waals surface area contributed by atoms with Crippen LogP contribution in [0.15, 0.2) is 47.2 Å². The van der Waals surface area contributed by atoms with Gasteiger partial charge >= 0.3 is 0 Å². The molecule has 0 amide bonds. The Bertz CT molecular complexity index is 457. The van der Waals surface area contributed by atoms with Crippen molar-refractivity contribution in [1.82, 2.24) is 10.3 Å². The van der Waals surface area contributed by atoms with Crippen LogP contribution in [-0.2, 0) is 13.1 Å². The SMILES string of the molecule is Clc1cccc(CNCc2cncc(Br)c2)c1. The molecule has 0 atom stereocenters. The minimum atomic E-state index is 0.772. The van der Waals surface area contributed by atoms with Gasteiger partial charge in [-0.15, -0.1) is 0 Å². The van der Waals surface area contributed by atoms with Gasteiger partial charge in [0.05, 0.1) is 0 Å². The van der Waals surface area contributed by atoms with Crippen molar-refractivity contribution in [1.29, 1.82) is 0 Å². The third-order valence-electron chi connectivity index (χ3n) is 2.31. The molecule has 2 nitrogen and oxygen atoms in total. The van der Waals surface area contributed by atoms with E-state index in [0.29, 0.717) is 0 Å². The molecule has 0 bridgehead atoms. The molecule has 17 heavy (non-hydrogen) atoms. The van der Waals surface area contributed by atoms with E-state index in [4.69, 9.17) is 11.6 Å². The van der Waals surface area contributed by atoms with Crippen molar-refractivity contribution in [2.45, 2.75) is 13.1 Å². The summed E-state index contributed by atoms with van der Waals surface area (Å²) in [6.45, 7) is 1.59. The molecular formula is C13H12BrClN2. The predicted octanol–water partition coefficient (Wildman–Crippen LogP) is 3.79. The normalized spacial score (nSPS) is 10.5. The highest BCUT2D eigenvalue weighted by molar-refractivity contribution is 9.10. The number of rotatable bonds is 4. The molecule has 0 saturated heterocycles. The Kier molecular flexibility index (Phi) is 4.54. The summed E-state index contributed by atoms with van der Waals surface area (Å²) in [6.07, 6.45) is 3.64. The zero-order valence-corrected chi connectivity index (χ0v) is 11.5. The van der Waals surface area contributed by atoms with E-state index >= 15 is 0 Å². The summed E-state index contributed by atoms with van der Waals surface area (Å²) in [5, 5.41) is 4.12. The first-order valence-electron chi connectivity index (χ1n) is 5.28. The number of nitrogens with zero attached hydrogens (tertiary/aromatic N) is 1. The Morgan fingerprint density at radius 1 is 1.12 bits per heavy atom. The molecule has 2 rings (SSSR count). The Labute approximate surface area is 114 Å². The summed E-state index contributed by atoms with van der Waals surface area (Å²) in [6, 6.07) is 9.91. The van der Waals surface area contributed by atoms with Crippen LogP contribution in [0.3, 0.4) is 0 Å².